The Hall–Kier alpha value is -3.73. The summed E-state index contributed by atoms with van der Waals surface area (Å²) in [7, 11) is 0. The highest BCUT2D eigenvalue weighted by atomic mass is 16.6. The molecule has 2 aromatic rings. The summed E-state index contributed by atoms with van der Waals surface area (Å²) < 4.78 is 0. The van der Waals surface area contributed by atoms with Gasteiger partial charge in [0.1, 0.15) is 5.82 Å². The molecular formula is C26H27N5O3. The first-order valence-electron chi connectivity index (χ1n) is 11.9. The maximum Gasteiger partial charge on any atom is 0.295 e. The van der Waals surface area contributed by atoms with Crippen molar-refractivity contribution in [1.29, 1.82) is 5.26 Å². The number of benzene rings is 1. The molecule has 1 unspecified atom stereocenters. The standard InChI is InChI=1S/C26H27N5O3/c27-15-17-2-1-3-19(14-17)25(18-4-5-18)34-30-22-10-12-31(13-11-22)26(33)24(32)20-6-9-23(28-16-20)29-21-7-8-21/h1-3,6,9,14,16,18,21,25H,4-5,7-8,10-13H2,(H,28,29). The van der Waals surface area contributed by atoms with E-state index in [0.717, 1.165) is 42.8 Å². The maximum absolute atomic E-state index is 12.7. The Bertz CT molecular complexity index is 1140. The summed E-state index contributed by atoms with van der Waals surface area (Å²) in [5.41, 5.74) is 2.77. The summed E-state index contributed by atoms with van der Waals surface area (Å²) in [6, 6.07) is 13.5. The molecule has 8 nitrogen and oxygen atoms in total. The number of piperidine rings is 1. The van der Waals surface area contributed by atoms with E-state index in [2.05, 4.69) is 21.5 Å². The number of oxime groups is 1. The molecule has 3 fully saturated rings. The zero-order valence-corrected chi connectivity index (χ0v) is 18.9. The number of ketones is 1. The Morgan fingerprint density at radius 1 is 1.15 bits per heavy atom. The number of hydrogen-bond acceptors (Lipinski definition) is 7. The minimum Gasteiger partial charge on any atom is -0.387 e. The second kappa shape index (κ2) is 9.64. The van der Waals surface area contributed by atoms with Crippen molar-refractivity contribution in [2.45, 2.75) is 50.7 Å². The van der Waals surface area contributed by atoms with Crippen LogP contribution in [0.25, 0.3) is 0 Å². The zero-order valence-electron chi connectivity index (χ0n) is 18.9. The molecule has 0 radical (unpaired) electrons. The highest BCUT2D eigenvalue weighted by Gasteiger charge is 2.35. The largest absolute Gasteiger partial charge is 0.387 e. The van der Waals surface area contributed by atoms with Crippen LogP contribution in [-0.4, -0.2) is 46.4 Å². The van der Waals surface area contributed by atoms with Crippen molar-refractivity contribution in [3.05, 3.63) is 59.3 Å². The van der Waals surface area contributed by atoms with Crippen LogP contribution in [0.3, 0.4) is 0 Å². The van der Waals surface area contributed by atoms with E-state index in [1.54, 1.807) is 23.1 Å². The van der Waals surface area contributed by atoms with Crippen molar-refractivity contribution in [3.63, 3.8) is 0 Å². The molecular weight excluding hydrogens is 430 g/mol. The number of aromatic nitrogens is 1. The SMILES string of the molecule is N#Cc1cccc(C(ON=C2CCN(C(=O)C(=O)c3ccc(NC4CC4)nc3)CC2)C2CC2)c1. The van der Waals surface area contributed by atoms with Crippen molar-refractivity contribution in [2.75, 3.05) is 18.4 Å². The van der Waals surface area contributed by atoms with Gasteiger partial charge < -0.3 is 15.1 Å². The lowest BCUT2D eigenvalue weighted by molar-refractivity contribution is -0.126. The molecule has 5 rings (SSSR count). The number of carbonyl (C=O) groups is 2. The lowest BCUT2D eigenvalue weighted by Gasteiger charge is -2.27. The third-order valence-electron chi connectivity index (χ3n) is 6.47. The van der Waals surface area contributed by atoms with Crippen LogP contribution in [0.2, 0.25) is 0 Å². The number of Topliss-reactive ketones (excluding diaryl/α,β-unsaturated/α-hetero) is 1. The molecule has 174 valence electrons. The number of amides is 1. The number of nitrogens with one attached hydrogen (secondary N) is 1. The van der Waals surface area contributed by atoms with Gasteiger partial charge >= 0.3 is 0 Å². The maximum atomic E-state index is 12.7. The molecule has 0 spiro atoms. The van der Waals surface area contributed by atoms with Gasteiger partial charge in [0.15, 0.2) is 6.10 Å². The van der Waals surface area contributed by atoms with Gasteiger partial charge in [0.05, 0.1) is 17.3 Å². The number of pyridine rings is 1. The van der Waals surface area contributed by atoms with Crippen molar-refractivity contribution in [2.24, 2.45) is 11.1 Å². The van der Waals surface area contributed by atoms with E-state index < -0.39 is 11.7 Å². The van der Waals surface area contributed by atoms with E-state index >= 15 is 0 Å². The summed E-state index contributed by atoms with van der Waals surface area (Å²) in [5, 5.41) is 16.9. The molecule has 1 aromatic heterocycles. The fourth-order valence-electron chi connectivity index (χ4n) is 4.11. The van der Waals surface area contributed by atoms with Crippen LogP contribution in [0.4, 0.5) is 5.82 Å². The van der Waals surface area contributed by atoms with Gasteiger partial charge in [-0.2, -0.15) is 5.26 Å². The number of anilines is 1. The van der Waals surface area contributed by atoms with E-state index in [1.165, 1.54) is 6.20 Å². The van der Waals surface area contributed by atoms with Gasteiger partial charge in [0.2, 0.25) is 0 Å². The fraction of sp³-hybridized carbons (Fsp3) is 0.423. The smallest absolute Gasteiger partial charge is 0.295 e. The highest BCUT2D eigenvalue weighted by Crippen LogP contribution is 2.43. The van der Waals surface area contributed by atoms with Crippen LogP contribution >= 0.6 is 0 Å². The Morgan fingerprint density at radius 2 is 1.94 bits per heavy atom. The first-order chi connectivity index (χ1) is 16.6. The molecule has 34 heavy (non-hydrogen) atoms. The molecule has 1 saturated heterocycles. The van der Waals surface area contributed by atoms with Gasteiger partial charge in [-0.15, -0.1) is 0 Å². The molecule has 1 atom stereocenters. The van der Waals surface area contributed by atoms with Gasteiger partial charge in [-0.1, -0.05) is 17.3 Å². The predicted molar refractivity (Wildman–Crippen MR) is 126 cm³/mol. The average molecular weight is 458 g/mol. The number of likely N-dealkylation sites (tertiary alicyclic amines) is 1. The molecule has 2 heterocycles. The van der Waals surface area contributed by atoms with Gasteiger partial charge in [0, 0.05) is 49.7 Å². The third-order valence-corrected chi connectivity index (χ3v) is 6.47. The topological polar surface area (TPSA) is 108 Å². The summed E-state index contributed by atoms with van der Waals surface area (Å²) in [5.74, 6) is 0.105. The van der Waals surface area contributed by atoms with Crippen molar-refractivity contribution < 1.29 is 14.4 Å². The normalized spacial score (nSPS) is 18.6. The first-order valence-corrected chi connectivity index (χ1v) is 11.9. The minimum absolute atomic E-state index is 0.160. The number of nitriles is 1. The second-order valence-corrected chi connectivity index (χ2v) is 9.23. The van der Waals surface area contributed by atoms with Crippen LogP contribution in [-0.2, 0) is 9.63 Å². The van der Waals surface area contributed by atoms with E-state index in [1.807, 2.05) is 18.2 Å². The van der Waals surface area contributed by atoms with Gasteiger partial charge in [-0.25, -0.2) is 4.98 Å². The van der Waals surface area contributed by atoms with Crippen molar-refractivity contribution in [1.82, 2.24) is 9.88 Å². The lowest BCUT2D eigenvalue weighted by Crippen LogP contribution is -2.42. The fourth-order valence-corrected chi connectivity index (χ4v) is 4.11. The summed E-state index contributed by atoms with van der Waals surface area (Å²) in [6.07, 6.45) is 6.89. The van der Waals surface area contributed by atoms with Crippen molar-refractivity contribution >= 4 is 23.2 Å². The molecule has 1 amide bonds. The number of hydrogen-bond donors (Lipinski definition) is 1. The number of rotatable bonds is 8. The summed E-state index contributed by atoms with van der Waals surface area (Å²) >= 11 is 0. The minimum atomic E-state index is -0.534. The van der Waals surface area contributed by atoms with Crippen LogP contribution in [0.5, 0.6) is 0 Å². The van der Waals surface area contributed by atoms with E-state index in [9.17, 15) is 14.9 Å². The quantitative estimate of drug-likeness (QED) is 0.366. The van der Waals surface area contributed by atoms with Crippen LogP contribution < -0.4 is 5.32 Å². The monoisotopic (exact) mass is 457 g/mol. The van der Waals surface area contributed by atoms with Gasteiger partial charge in [0.25, 0.3) is 11.7 Å². The molecule has 3 aliphatic rings. The summed E-state index contributed by atoms with van der Waals surface area (Å²) in [6.45, 7) is 0.860. The van der Waals surface area contributed by atoms with Gasteiger partial charge in [-0.05, 0) is 55.5 Å². The van der Waals surface area contributed by atoms with E-state index in [0.29, 0.717) is 49.0 Å². The Labute approximate surface area is 198 Å². The molecule has 2 aliphatic carbocycles. The third kappa shape index (κ3) is 5.25. The molecule has 1 N–H and O–H groups in total. The Balaban J connectivity index is 1.15. The molecule has 0 bridgehead atoms. The molecule has 2 saturated carbocycles. The Kier molecular flexibility index (Phi) is 6.26. The van der Waals surface area contributed by atoms with E-state index in [-0.39, 0.29) is 6.10 Å². The van der Waals surface area contributed by atoms with Crippen LogP contribution in [0, 0.1) is 17.2 Å². The zero-order chi connectivity index (χ0) is 23.5. The second-order valence-electron chi connectivity index (χ2n) is 9.23. The number of carbonyl (C=O) groups excluding carboxylic acids is 2. The average Bonchev–Trinajstić information content (AvgIpc) is 3.81. The highest BCUT2D eigenvalue weighted by molar-refractivity contribution is 6.42. The predicted octanol–water partition coefficient (Wildman–Crippen LogP) is 3.86. The molecule has 1 aromatic carbocycles. The van der Waals surface area contributed by atoms with Crippen LogP contribution in [0.15, 0.2) is 47.8 Å². The molecule has 1 aliphatic heterocycles. The summed E-state index contributed by atoms with van der Waals surface area (Å²) in [4.78, 5) is 37.1. The van der Waals surface area contributed by atoms with Crippen molar-refractivity contribution in [3.8, 4) is 6.07 Å². The Morgan fingerprint density at radius 3 is 2.59 bits per heavy atom. The molecule has 8 heteroatoms. The van der Waals surface area contributed by atoms with Crippen LogP contribution in [0.1, 0.15) is 66.1 Å². The van der Waals surface area contributed by atoms with E-state index in [4.69, 9.17) is 4.84 Å². The number of nitrogens with zero attached hydrogens (tertiary/aromatic N) is 4. The lowest BCUT2D eigenvalue weighted by atomic mass is 10.0. The first kappa shape index (κ1) is 22.1. The van der Waals surface area contributed by atoms with Gasteiger partial charge in [-0.3, -0.25) is 9.59 Å².